The second-order valence-corrected chi connectivity index (χ2v) is 9.45. The van der Waals surface area contributed by atoms with Crippen LogP contribution in [0.1, 0.15) is 51.5 Å². The summed E-state index contributed by atoms with van der Waals surface area (Å²) in [7, 11) is 0. The molecule has 1 saturated heterocycles. The zero-order valence-electron chi connectivity index (χ0n) is 18.6. The number of fused-ring (bicyclic) bond motifs is 2. The molecule has 0 spiro atoms. The van der Waals surface area contributed by atoms with Crippen LogP contribution in [-0.2, 0) is 9.53 Å². The lowest BCUT2D eigenvalue weighted by atomic mass is 9.57. The van der Waals surface area contributed by atoms with Crippen LogP contribution in [0.2, 0.25) is 0 Å². The third kappa shape index (κ3) is 4.61. The molecule has 0 aromatic heterocycles. The maximum Gasteiger partial charge on any atom is 0.309 e. The summed E-state index contributed by atoms with van der Waals surface area (Å²) in [6.07, 6.45) is 16.4. The zero-order valence-corrected chi connectivity index (χ0v) is 18.6. The van der Waals surface area contributed by atoms with Gasteiger partial charge in [-0.2, -0.15) is 0 Å². The monoisotopic (exact) mass is 420 g/mol. The van der Waals surface area contributed by atoms with Crippen molar-refractivity contribution in [1.29, 1.82) is 0 Å². The average Bonchev–Trinajstić information content (AvgIpc) is 3.05. The first-order valence-corrected chi connectivity index (χ1v) is 11.6. The number of ether oxygens (including phenoxy) is 1. The van der Waals surface area contributed by atoms with Crippen molar-refractivity contribution in [3.8, 4) is 0 Å². The lowest BCUT2D eigenvalue weighted by molar-refractivity contribution is -0.144. The van der Waals surface area contributed by atoms with Crippen LogP contribution in [-0.4, -0.2) is 12.1 Å². The minimum atomic E-state index is -0.248. The van der Waals surface area contributed by atoms with E-state index in [2.05, 4.69) is 38.7 Å². The Hall–Kier alpha value is -2.42. The molecule has 2 saturated carbocycles. The summed E-state index contributed by atoms with van der Waals surface area (Å²) >= 11 is 0. The fraction of sp³-hybridized carbons (Fsp3) is 0.464. The molecule has 1 heterocycles. The Balaban J connectivity index is 1.56. The predicted octanol–water partition coefficient (Wildman–Crippen LogP) is 6.90. The molecule has 2 aliphatic carbocycles. The van der Waals surface area contributed by atoms with Gasteiger partial charge in [-0.3, -0.25) is 4.79 Å². The van der Waals surface area contributed by atoms with Gasteiger partial charge < -0.3 is 4.74 Å². The molecule has 1 aliphatic heterocycles. The van der Waals surface area contributed by atoms with Gasteiger partial charge in [-0.25, -0.2) is 4.39 Å². The number of benzene rings is 1. The van der Waals surface area contributed by atoms with Gasteiger partial charge >= 0.3 is 5.97 Å². The summed E-state index contributed by atoms with van der Waals surface area (Å²) in [4.78, 5) is 12.4. The highest BCUT2D eigenvalue weighted by molar-refractivity contribution is 5.76. The van der Waals surface area contributed by atoms with Gasteiger partial charge in [-0.1, -0.05) is 73.9 Å². The van der Waals surface area contributed by atoms with Crippen molar-refractivity contribution in [2.24, 2.45) is 29.6 Å². The SMILES string of the molecule is C=C\C(=C/C=C(C)/C=C/C1C2CCCCC2CC2C(=O)OC(C)C21)c1cccc(F)c1. The highest BCUT2D eigenvalue weighted by Gasteiger charge is 2.53. The van der Waals surface area contributed by atoms with E-state index < -0.39 is 0 Å². The molecule has 164 valence electrons. The first kappa shape index (κ1) is 21.8. The van der Waals surface area contributed by atoms with E-state index in [1.54, 1.807) is 12.1 Å². The summed E-state index contributed by atoms with van der Waals surface area (Å²) < 4.78 is 19.2. The van der Waals surface area contributed by atoms with E-state index >= 15 is 0 Å². The fourth-order valence-electron chi connectivity index (χ4n) is 6.08. The molecular formula is C28H33FO2. The van der Waals surface area contributed by atoms with Crippen molar-refractivity contribution >= 4 is 11.5 Å². The van der Waals surface area contributed by atoms with Crippen molar-refractivity contribution in [3.63, 3.8) is 0 Å². The van der Waals surface area contributed by atoms with Gasteiger partial charge in [0.2, 0.25) is 0 Å². The van der Waals surface area contributed by atoms with Crippen LogP contribution in [0.5, 0.6) is 0 Å². The molecule has 1 aromatic carbocycles. The molecule has 6 unspecified atom stereocenters. The zero-order chi connectivity index (χ0) is 22.0. The minimum Gasteiger partial charge on any atom is -0.462 e. The standard InChI is InChI=1S/C28H33FO2/c1-4-20(21-9-7-10-23(29)16-21)14-12-18(2)13-15-25-24-11-6-5-8-22(24)17-26-27(25)19(3)31-28(26)30/h4,7,9-10,12-16,19,22,24-27H,1,5-6,8,11,17H2,2-3H3/b15-13+,18-12+,20-14+. The van der Waals surface area contributed by atoms with Crippen molar-refractivity contribution < 1.29 is 13.9 Å². The quantitative estimate of drug-likeness (QED) is 0.382. The van der Waals surface area contributed by atoms with Crippen LogP contribution in [0.25, 0.3) is 5.57 Å². The number of hydrogen-bond acceptors (Lipinski definition) is 2. The second kappa shape index (κ2) is 9.38. The molecule has 3 aliphatic rings. The fourth-order valence-corrected chi connectivity index (χ4v) is 6.08. The first-order chi connectivity index (χ1) is 15.0. The van der Waals surface area contributed by atoms with Gasteiger partial charge in [0.05, 0.1) is 5.92 Å². The molecule has 2 nitrogen and oxygen atoms in total. The van der Waals surface area contributed by atoms with Crippen LogP contribution in [0.4, 0.5) is 4.39 Å². The number of hydrogen-bond donors (Lipinski definition) is 0. The maximum absolute atomic E-state index is 13.6. The second-order valence-electron chi connectivity index (χ2n) is 9.45. The number of cyclic esters (lactones) is 1. The van der Waals surface area contributed by atoms with Crippen molar-refractivity contribution in [1.82, 2.24) is 0 Å². The molecule has 6 atom stereocenters. The third-order valence-electron chi connectivity index (χ3n) is 7.56. The predicted molar refractivity (Wildman–Crippen MR) is 124 cm³/mol. The highest BCUT2D eigenvalue weighted by atomic mass is 19.1. The van der Waals surface area contributed by atoms with Crippen LogP contribution < -0.4 is 0 Å². The van der Waals surface area contributed by atoms with Gasteiger partial charge in [0.15, 0.2) is 0 Å². The van der Waals surface area contributed by atoms with Crippen molar-refractivity contribution in [3.05, 3.63) is 78.2 Å². The Morgan fingerprint density at radius 1 is 1.23 bits per heavy atom. The molecule has 1 aromatic rings. The number of rotatable bonds is 5. The van der Waals surface area contributed by atoms with E-state index in [1.165, 1.54) is 37.8 Å². The molecule has 31 heavy (non-hydrogen) atoms. The summed E-state index contributed by atoms with van der Waals surface area (Å²) in [5, 5.41) is 0. The van der Waals surface area contributed by atoms with Crippen molar-refractivity contribution in [2.75, 3.05) is 0 Å². The lowest BCUT2D eigenvalue weighted by Crippen LogP contribution is -2.42. The van der Waals surface area contributed by atoms with Gasteiger partial charge in [0.25, 0.3) is 0 Å². The smallest absolute Gasteiger partial charge is 0.309 e. The Bertz CT molecular complexity index is 925. The van der Waals surface area contributed by atoms with Gasteiger partial charge in [0, 0.05) is 5.92 Å². The van der Waals surface area contributed by atoms with E-state index in [1.807, 2.05) is 12.1 Å². The summed E-state index contributed by atoms with van der Waals surface area (Å²) in [6, 6.07) is 6.57. The van der Waals surface area contributed by atoms with Gasteiger partial charge in [-0.05, 0) is 67.7 Å². The number of carbonyl (C=O) groups is 1. The van der Waals surface area contributed by atoms with Gasteiger partial charge in [0.1, 0.15) is 11.9 Å². The number of esters is 1. The highest BCUT2D eigenvalue weighted by Crippen LogP contribution is 2.53. The topological polar surface area (TPSA) is 26.3 Å². The van der Waals surface area contributed by atoms with E-state index in [0.29, 0.717) is 23.7 Å². The Morgan fingerprint density at radius 2 is 2.03 bits per heavy atom. The molecule has 3 heteroatoms. The molecule has 4 rings (SSSR count). The molecular weight excluding hydrogens is 387 g/mol. The Labute approximate surface area is 185 Å². The number of carbonyl (C=O) groups excluding carboxylic acids is 1. The number of allylic oxidation sites excluding steroid dienone is 7. The number of halogens is 1. The average molecular weight is 421 g/mol. The van der Waals surface area contributed by atoms with Crippen LogP contribution in [0, 0.1) is 35.4 Å². The molecule has 3 fully saturated rings. The summed E-state index contributed by atoms with van der Waals surface area (Å²) in [5.74, 6) is 1.81. The van der Waals surface area contributed by atoms with Crippen LogP contribution in [0.15, 0.2) is 66.8 Å². The normalized spacial score (nSPS) is 33.7. The van der Waals surface area contributed by atoms with E-state index in [0.717, 1.165) is 23.1 Å². The first-order valence-electron chi connectivity index (χ1n) is 11.6. The Morgan fingerprint density at radius 3 is 2.81 bits per heavy atom. The van der Waals surface area contributed by atoms with E-state index in [4.69, 9.17) is 4.74 Å². The largest absolute Gasteiger partial charge is 0.462 e. The Kier molecular flexibility index (Phi) is 6.60. The lowest BCUT2D eigenvalue weighted by Gasteiger charge is -2.45. The molecule has 0 bridgehead atoms. The maximum atomic E-state index is 13.6. The molecule has 0 radical (unpaired) electrons. The van der Waals surface area contributed by atoms with Crippen LogP contribution >= 0.6 is 0 Å². The third-order valence-corrected chi connectivity index (χ3v) is 7.56. The molecule has 0 N–H and O–H groups in total. The summed E-state index contributed by atoms with van der Waals surface area (Å²) in [6.45, 7) is 8.02. The molecule has 0 amide bonds. The van der Waals surface area contributed by atoms with Crippen molar-refractivity contribution in [2.45, 2.75) is 52.1 Å². The van der Waals surface area contributed by atoms with E-state index in [9.17, 15) is 9.18 Å². The van der Waals surface area contributed by atoms with E-state index in [-0.39, 0.29) is 23.8 Å². The van der Waals surface area contributed by atoms with Gasteiger partial charge in [-0.15, -0.1) is 0 Å². The minimum absolute atomic E-state index is 0.000413. The summed E-state index contributed by atoms with van der Waals surface area (Å²) in [5.41, 5.74) is 2.84. The van der Waals surface area contributed by atoms with Crippen LogP contribution in [0.3, 0.4) is 0 Å².